The minimum Gasteiger partial charge on any atom is -0.507 e. The van der Waals surface area contributed by atoms with Crippen molar-refractivity contribution in [2.24, 2.45) is 5.73 Å². The fourth-order valence-electron chi connectivity index (χ4n) is 2.78. The van der Waals surface area contributed by atoms with Crippen LogP contribution in [0.2, 0.25) is 0 Å². The van der Waals surface area contributed by atoms with Gasteiger partial charge in [0.15, 0.2) is 0 Å². The Morgan fingerprint density at radius 1 is 1.38 bits per heavy atom. The number of likely N-dealkylation sites (N-methyl/N-ethyl adjacent to an activating group) is 1. The number of carbonyl (C=O) groups excluding carboxylic acids is 2. The molecule has 0 bridgehead atoms. The van der Waals surface area contributed by atoms with Crippen LogP contribution in [0.3, 0.4) is 0 Å². The van der Waals surface area contributed by atoms with Gasteiger partial charge in [0.2, 0.25) is 5.60 Å². The van der Waals surface area contributed by atoms with Gasteiger partial charge in [-0.1, -0.05) is 24.0 Å². The Morgan fingerprint density at radius 2 is 2.15 bits per heavy atom. The number of likely N-dealkylation sites (tertiary alicyclic amines) is 1. The average Bonchev–Trinajstić information content (AvgIpc) is 2.89. The summed E-state index contributed by atoms with van der Waals surface area (Å²) in [5, 5.41) is 20.4. The molecule has 1 atom stereocenters. The Hall–Kier alpha value is -3.37. The summed E-state index contributed by atoms with van der Waals surface area (Å²) in [6.07, 6.45) is 1.66. The predicted molar refractivity (Wildman–Crippen MR) is 93.9 cm³/mol. The van der Waals surface area contributed by atoms with Gasteiger partial charge in [-0.05, 0) is 23.8 Å². The van der Waals surface area contributed by atoms with Crippen molar-refractivity contribution in [3.8, 4) is 28.7 Å². The third-order valence-electron chi connectivity index (χ3n) is 4.26. The number of rotatable bonds is 2. The first-order chi connectivity index (χ1) is 12.3. The lowest BCUT2D eigenvalue weighted by atomic mass is 9.99. The number of phenolic OH excluding ortho intramolecular Hbond substituents is 1. The quantitative estimate of drug-likeness (QED) is 0.681. The van der Waals surface area contributed by atoms with E-state index in [1.54, 1.807) is 31.3 Å². The lowest BCUT2D eigenvalue weighted by Crippen LogP contribution is -2.37. The van der Waals surface area contributed by atoms with Crippen LogP contribution in [-0.2, 0) is 4.79 Å². The molecule has 0 saturated carbocycles. The van der Waals surface area contributed by atoms with E-state index in [0.29, 0.717) is 17.7 Å². The van der Waals surface area contributed by atoms with Crippen LogP contribution < -0.4 is 5.73 Å². The molecule has 2 amide bonds. The monoisotopic (exact) mass is 351 g/mol. The van der Waals surface area contributed by atoms with Gasteiger partial charge in [-0.2, -0.15) is 0 Å². The second kappa shape index (κ2) is 6.50. The molecule has 0 spiro atoms. The molecule has 1 aromatic heterocycles. The van der Waals surface area contributed by atoms with E-state index in [4.69, 9.17) is 5.73 Å². The van der Waals surface area contributed by atoms with Crippen molar-refractivity contribution < 1.29 is 19.8 Å². The summed E-state index contributed by atoms with van der Waals surface area (Å²) in [7, 11) is 1.59. The van der Waals surface area contributed by atoms with Crippen LogP contribution in [0.5, 0.6) is 5.75 Å². The van der Waals surface area contributed by atoms with Gasteiger partial charge in [-0.25, -0.2) is 0 Å². The van der Waals surface area contributed by atoms with Gasteiger partial charge in [0.05, 0.1) is 5.56 Å². The number of aliphatic hydroxyl groups is 1. The first kappa shape index (κ1) is 17.5. The maximum absolute atomic E-state index is 12.0. The van der Waals surface area contributed by atoms with E-state index in [0.717, 1.165) is 0 Å². The van der Waals surface area contributed by atoms with Crippen LogP contribution in [0.1, 0.15) is 22.5 Å². The summed E-state index contributed by atoms with van der Waals surface area (Å²) in [5.41, 5.74) is 4.99. The first-order valence-corrected chi connectivity index (χ1v) is 7.91. The van der Waals surface area contributed by atoms with Crippen LogP contribution in [0.4, 0.5) is 0 Å². The molecule has 132 valence electrons. The standard InChI is InChI=1S/C19H17N3O4/c1-22-10-8-19(26,18(22)25)7-6-13-11-12(4-5-15(13)23)14-3-2-9-21-16(14)17(20)24/h2-5,9,11,23,26H,8,10H2,1H3,(H2,20,24)/t19-/m0/s1. The molecule has 0 unspecified atom stereocenters. The molecule has 4 N–H and O–H groups in total. The Labute approximate surface area is 150 Å². The highest BCUT2D eigenvalue weighted by Gasteiger charge is 2.42. The molecule has 0 radical (unpaired) electrons. The molecular formula is C19H17N3O4. The van der Waals surface area contributed by atoms with Crippen molar-refractivity contribution >= 4 is 11.8 Å². The minimum atomic E-state index is -1.76. The maximum Gasteiger partial charge on any atom is 0.267 e. The first-order valence-electron chi connectivity index (χ1n) is 7.91. The smallest absolute Gasteiger partial charge is 0.267 e. The van der Waals surface area contributed by atoms with Crippen LogP contribution in [-0.4, -0.2) is 51.1 Å². The molecule has 7 heteroatoms. The second-order valence-electron chi connectivity index (χ2n) is 6.08. The van der Waals surface area contributed by atoms with Gasteiger partial charge < -0.3 is 20.8 Å². The Morgan fingerprint density at radius 3 is 2.81 bits per heavy atom. The Bertz CT molecular complexity index is 961. The van der Waals surface area contributed by atoms with Crippen molar-refractivity contribution in [1.82, 2.24) is 9.88 Å². The number of hydrogen-bond acceptors (Lipinski definition) is 5. The normalized spacial score (nSPS) is 19.2. The van der Waals surface area contributed by atoms with Gasteiger partial charge in [-0.15, -0.1) is 0 Å². The van der Waals surface area contributed by atoms with Crippen molar-refractivity contribution in [1.29, 1.82) is 0 Å². The van der Waals surface area contributed by atoms with E-state index in [1.165, 1.54) is 17.2 Å². The molecule has 2 aromatic rings. The van der Waals surface area contributed by atoms with Crippen molar-refractivity contribution in [2.75, 3.05) is 13.6 Å². The van der Waals surface area contributed by atoms with E-state index in [1.807, 2.05) is 0 Å². The molecular weight excluding hydrogens is 334 g/mol. The number of hydrogen-bond donors (Lipinski definition) is 3. The molecule has 3 rings (SSSR count). The molecule has 2 heterocycles. The number of primary amides is 1. The number of carbonyl (C=O) groups is 2. The Kier molecular flexibility index (Phi) is 4.36. The number of pyridine rings is 1. The van der Waals surface area contributed by atoms with Gasteiger partial charge >= 0.3 is 0 Å². The summed E-state index contributed by atoms with van der Waals surface area (Å²) in [5.74, 6) is 3.99. The average molecular weight is 351 g/mol. The summed E-state index contributed by atoms with van der Waals surface area (Å²) < 4.78 is 0. The summed E-state index contributed by atoms with van der Waals surface area (Å²) in [4.78, 5) is 28.9. The predicted octanol–water partition coefficient (Wildman–Crippen LogP) is 0.498. The number of nitrogens with two attached hydrogens (primary N) is 1. The van der Waals surface area contributed by atoms with Crippen molar-refractivity contribution in [3.05, 3.63) is 47.8 Å². The highest BCUT2D eigenvalue weighted by atomic mass is 16.3. The van der Waals surface area contributed by atoms with Gasteiger partial charge in [0, 0.05) is 31.8 Å². The third-order valence-corrected chi connectivity index (χ3v) is 4.26. The summed E-state index contributed by atoms with van der Waals surface area (Å²) in [6.45, 7) is 0.410. The zero-order chi connectivity index (χ0) is 18.9. The van der Waals surface area contributed by atoms with E-state index in [-0.39, 0.29) is 23.4 Å². The van der Waals surface area contributed by atoms with Crippen molar-refractivity contribution in [2.45, 2.75) is 12.0 Å². The highest BCUT2D eigenvalue weighted by Crippen LogP contribution is 2.28. The fraction of sp³-hybridized carbons (Fsp3) is 0.211. The topological polar surface area (TPSA) is 117 Å². The molecule has 1 aliphatic heterocycles. The van der Waals surface area contributed by atoms with E-state index < -0.39 is 17.4 Å². The molecule has 7 nitrogen and oxygen atoms in total. The summed E-state index contributed by atoms with van der Waals surface area (Å²) >= 11 is 0. The van der Waals surface area contributed by atoms with Crippen molar-refractivity contribution in [3.63, 3.8) is 0 Å². The lowest BCUT2D eigenvalue weighted by molar-refractivity contribution is -0.137. The molecule has 1 fully saturated rings. The van der Waals surface area contributed by atoms with Crippen LogP contribution in [0.25, 0.3) is 11.1 Å². The zero-order valence-corrected chi connectivity index (χ0v) is 14.1. The largest absolute Gasteiger partial charge is 0.507 e. The second-order valence-corrected chi connectivity index (χ2v) is 6.08. The van der Waals surface area contributed by atoms with Crippen LogP contribution in [0, 0.1) is 11.8 Å². The van der Waals surface area contributed by atoms with E-state index >= 15 is 0 Å². The molecule has 1 saturated heterocycles. The van der Waals surface area contributed by atoms with Crippen LogP contribution in [0.15, 0.2) is 36.5 Å². The third kappa shape index (κ3) is 3.10. The molecule has 0 aliphatic carbocycles. The number of phenols is 1. The fourth-order valence-corrected chi connectivity index (χ4v) is 2.78. The number of aromatic hydroxyl groups is 1. The SMILES string of the molecule is CN1CC[C@@](O)(C#Cc2cc(-c3cccnc3C(N)=O)ccc2O)C1=O. The van der Waals surface area contributed by atoms with E-state index in [9.17, 15) is 19.8 Å². The zero-order valence-electron chi connectivity index (χ0n) is 14.1. The Balaban J connectivity index is 2.02. The van der Waals surface area contributed by atoms with Gasteiger partial charge in [0.25, 0.3) is 11.8 Å². The number of benzene rings is 1. The van der Waals surface area contributed by atoms with E-state index in [2.05, 4.69) is 16.8 Å². The lowest BCUT2D eigenvalue weighted by Gasteiger charge is -2.13. The number of nitrogens with zero attached hydrogens (tertiary/aromatic N) is 2. The maximum atomic E-state index is 12.0. The van der Waals surface area contributed by atoms with Crippen LogP contribution >= 0.6 is 0 Å². The molecule has 1 aromatic carbocycles. The molecule has 26 heavy (non-hydrogen) atoms. The van der Waals surface area contributed by atoms with Gasteiger partial charge in [-0.3, -0.25) is 14.6 Å². The summed E-state index contributed by atoms with van der Waals surface area (Å²) in [6, 6.07) is 7.92. The molecule has 1 aliphatic rings. The minimum absolute atomic E-state index is 0.100. The number of amides is 2. The van der Waals surface area contributed by atoms with Gasteiger partial charge in [0.1, 0.15) is 11.4 Å². The highest BCUT2D eigenvalue weighted by molar-refractivity contribution is 5.98. The number of aromatic nitrogens is 1.